The van der Waals surface area contributed by atoms with E-state index in [1.807, 2.05) is 54.6 Å². The predicted molar refractivity (Wildman–Crippen MR) is 204 cm³/mol. The Morgan fingerprint density at radius 1 is 0.815 bits per heavy atom. The van der Waals surface area contributed by atoms with E-state index in [0.717, 1.165) is 28.5 Å². The Bertz CT molecular complexity index is 2260. The molecular weight excluding hydrogens is 706 g/mol. The smallest absolute Gasteiger partial charge is 0.290 e. The van der Waals surface area contributed by atoms with Crippen molar-refractivity contribution >= 4 is 46.6 Å². The van der Waals surface area contributed by atoms with Crippen molar-refractivity contribution in [1.29, 1.82) is 0 Å². The van der Waals surface area contributed by atoms with Crippen molar-refractivity contribution in [2.75, 3.05) is 13.1 Å². The monoisotopic (exact) mass is 739 g/mol. The van der Waals surface area contributed by atoms with E-state index in [0.29, 0.717) is 24.2 Å². The lowest BCUT2D eigenvalue weighted by atomic mass is 9.97. The average Bonchev–Trinajstić information content (AvgIpc) is 3.77. The standard InChI is InChI=1S/C43H34FN3O6S/c44-32-20-18-29(19-21-32)39(48)36-12-6-7-13-37(36)42(51)47-25-34(53-26-31-10-4-5-11-35(31)28-8-2-1-3-9-28)23-33(47)24-45-40(49)30-16-14-27(15-17-30)22-38-41(50)46-43(52)54-38/h1-22,33-34H,23-26H2,(H,45,49)(H,46,50,52)/b38-22+/t33-,34+/m0/s1. The molecule has 9 nitrogen and oxygen atoms in total. The van der Waals surface area contributed by atoms with Crippen LogP contribution in [0.1, 0.15) is 54.2 Å². The quantitative estimate of drug-likeness (QED) is 0.108. The summed E-state index contributed by atoms with van der Waals surface area (Å²) >= 11 is 0.813. The van der Waals surface area contributed by atoms with Gasteiger partial charge in [0.25, 0.3) is 23.0 Å². The summed E-state index contributed by atoms with van der Waals surface area (Å²) in [5.74, 6) is -2.10. The number of hydrogen-bond donors (Lipinski definition) is 2. The Hall–Kier alpha value is -6.17. The minimum absolute atomic E-state index is 0.115. The van der Waals surface area contributed by atoms with Crippen molar-refractivity contribution in [1.82, 2.24) is 15.5 Å². The first kappa shape index (κ1) is 36.2. The fraction of sp³-hybridized carbons (Fsp3) is 0.140. The van der Waals surface area contributed by atoms with E-state index in [1.54, 1.807) is 59.5 Å². The molecule has 2 atom stereocenters. The molecule has 5 aromatic carbocycles. The minimum Gasteiger partial charge on any atom is -0.372 e. The summed E-state index contributed by atoms with van der Waals surface area (Å²) in [4.78, 5) is 66.6. The van der Waals surface area contributed by atoms with Gasteiger partial charge in [-0.1, -0.05) is 84.9 Å². The summed E-state index contributed by atoms with van der Waals surface area (Å²) in [5.41, 5.74) is 4.74. The number of imide groups is 1. The number of benzene rings is 5. The van der Waals surface area contributed by atoms with E-state index in [9.17, 15) is 28.4 Å². The van der Waals surface area contributed by atoms with Crippen LogP contribution in [0.15, 0.2) is 132 Å². The topological polar surface area (TPSA) is 122 Å². The molecule has 2 heterocycles. The molecule has 2 fully saturated rings. The molecule has 2 aliphatic rings. The van der Waals surface area contributed by atoms with Crippen molar-refractivity contribution in [2.24, 2.45) is 0 Å². The number of amides is 4. The molecule has 0 saturated carbocycles. The van der Waals surface area contributed by atoms with E-state index in [4.69, 9.17) is 4.74 Å². The van der Waals surface area contributed by atoms with Crippen LogP contribution in [-0.2, 0) is 16.1 Å². The highest BCUT2D eigenvalue weighted by molar-refractivity contribution is 8.18. The molecular formula is C43H34FN3O6S. The Morgan fingerprint density at radius 3 is 2.20 bits per heavy atom. The molecule has 2 N–H and O–H groups in total. The second kappa shape index (κ2) is 16.2. The zero-order valence-corrected chi connectivity index (χ0v) is 29.7. The average molecular weight is 740 g/mol. The summed E-state index contributed by atoms with van der Waals surface area (Å²) in [6.45, 7) is 0.639. The third-order valence-corrected chi connectivity index (χ3v) is 10.1. The number of likely N-dealkylation sites (tertiary alicyclic amines) is 1. The highest BCUT2D eigenvalue weighted by Crippen LogP contribution is 2.29. The van der Waals surface area contributed by atoms with Crippen LogP contribution < -0.4 is 10.6 Å². The summed E-state index contributed by atoms with van der Waals surface area (Å²) in [6.07, 6.45) is 1.63. The molecule has 0 radical (unpaired) electrons. The second-order valence-corrected chi connectivity index (χ2v) is 13.9. The number of ether oxygens (including phenoxy) is 1. The van der Waals surface area contributed by atoms with Gasteiger partial charge in [-0.25, -0.2) is 4.39 Å². The number of rotatable bonds is 11. The third kappa shape index (κ3) is 8.22. The molecule has 5 aromatic rings. The van der Waals surface area contributed by atoms with Crippen LogP contribution in [0.4, 0.5) is 9.18 Å². The number of nitrogens with zero attached hydrogens (tertiary/aromatic N) is 1. The largest absolute Gasteiger partial charge is 0.372 e. The Kier molecular flexibility index (Phi) is 10.9. The summed E-state index contributed by atoms with van der Waals surface area (Å²) < 4.78 is 20.1. The predicted octanol–water partition coefficient (Wildman–Crippen LogP) is 7.28. The van der Waals surface area contributed by atoms with Crippen molar-refractivity contribution in [3.05, 3.63) is 171 Å². The van der Waals surface area contributed by atoms with Gasteiger partial charge in [-0.05, 0) is 89.0 Å². The Morgan fingerprint density at radius 2 is 1.48 bits per heavy atom. The Labute approximate surface area is 315 Å². The van der Waals surface area contributed by atoms with Gasteiger partial charge < -0.3 is 15.0 Å². The molecule has 2 saturated heterocycles. The van der Waals surface area contributed by atoms with Crippen LogP contribution in [0.5, 0.6) is 0 Å². The number of halogens is 1. The molecule has 270 valence electrons. The van der Waals surface area contributed by atoms with Gasteiger partial charge in [0.05, 0.1) is 29.2 Å². The van der Waals surface area contributed by atoms with Crippen molar-refractivity contribution in [3.8, 4) is 11.1 Å². The van der Waals surface area contributed by atoms with E-state index >= 15 is 0 Å². The van der Waals surface area contributed by atoms with Crippen LogP contribution in [0.2, 0.25) is 0 Å². The fourth-order valence-corrected chi connectivity index (χ4v) is 7.27. The number of carbonyl (C=O) groups is 5. The van der Waals surface area contributed by atoms with Crippen molar-refractivity contribution in [2.45, 2.75) is 25.2 Å². The molecule has 0 spiro atoms. The van der Waals surface area contributed by atoms with E-state index < -0.39 is 28.8 Å². The SMILES string of the molecule is O=C1NC(=O)/C(=C\c2ccc(C(=O)NC[C@@H]3C[C@@H](OCc4ccccc4-c4ccccc4)CN3C(=O)c3ccccc3C(=O)c3ccc(F)cc3)cc2)S1. The third-order valence-electron chi connectivity index (χ3n) is 9.33. The maximum Gasteiger partial charge on any atom is 0.290 e. The summed E-state index contributed by atoms with van der Waals surface area (Å²) in [6, 6.07) is 35.8. The molecule has 54 heavy (non-hydrogen) atoms. The molecule has 4 amide bonds. The van der Waals surface area contributed by atoms with Gasteiger partial charge in [-0.3, -0.25) is 29.3 Å². The number of thioether (sulfide) groups is 1. The molecule has 0 bridgehead atoms. The van der Waals surface area contributed by atoms with Gasteiger partial charge in [0, 0.05) is 29.8 Å². The molecule has 0 unspecified atom stereocenters. The van der Waals surface area contributed by atoms with E-state index in [-0.39, 0.29) is 52.6 Å². The van der Waals surface area contributed by atoms with Crippen LogP contribution >= 0.6 is 11.8 Å². The lowest BCUT2D eigenvalue weighted by Crippen LogP contribution is -2.43. The van der Waals surface area contributed by atoms with Crippen LogP contribution in [0.3, 0.4) is 0 Å². The van der Waals surface area contributed by atoms with Gasteiger partial charge >= 0.3 is 0 Å². The number of hydrogen-bond acceptors (Lipinski definition) is 7. The zero-order chi connectivity index (χ0) is 37.6. The van der Waals surface area contributed by atoms with Gasteiger partial charge in [-0.2, -0.15) is 0 Å². The van der Waals surface area contributed by atoms with Crippen molar-refractivity contribution in [3.63, 3.8) is 0 Å². The first-order valence-corrected chi connectivity index (χ1v) is 18.1. The first-order chi connectivity index (χ1) is 26.2. The molecule has 0 aliphatic carbocycles. The first-order valence-electron chi connectivity index (χ1n) is 17.3. The van der Waals surface area contributed by atoms with Crippen LogP contribution in [0, 0.1) is 5.82 Å². The zero-order valence-electron chi connectivity index (χ0n) is 28.9. The normalized spacial score (nSPS) is 17.4. The highest BCUT2D eigenvalue weighted by atomic mass is 32.2. The maximum absolute atomic E-state index is 14.4. The van der Waals surface area contributed by atoms with Gasteiger partial charge in [0.1, 0.15) is 5.82 Å². The number of nitrogens with one attached hydrogen (secondary N) is 2. The minimum atomic E-state index is -0.474. The molecule has 0 aromatic heterocycles. The second-order valence-electron chi connectivity index (χ2n) is 12.9. The number of carbonyl (C=O) groups excluding carboxylic acids is 5. The Balaban J connectivity index is 1.10. The van der Waals surface area contributed by atoms with Gasteiger partial charge in [-0.15, -0.1) is 0 Å². The maximum atomic E-state index is 14.4. The lowest BCUT2D eigenvalue weighted by Gasteiger charge is -2.25. The summed E-state index contributed by atoms with van der Waals surface area (Å²) in [5, 5.41) is 4.74. The van der Waals surface area contributed by atoms with E-state index in [1.165, 1.54) is 24.3 Å². The number of ketones is 1. The lowest BCUT2D eigenvalue weighted by molar-refractivity contribution is -0.115. The fourth-order valence-electron chi connectivity index (χ4n) is 6.58. The van der Waals surface area contributed by atoms with Gasteiger partial charge in [0.2, 0.25) is 0 Å². The van der Waals surface area contributed by atoms with Crippen LogP contribution in [-0.4, -0.2) is 58.9 Å². The molecule has 2 aliphatic heterocycles. The van der Waals surface area contributed by atoms with Crippen LogP contribution in [0.25, 0.3) is 17.2 Å². The van der Waals surface area contributed by atoms with E-state index in [2.05, 4.69) is 10.6 Å². The molecule has 7 rings (SSSR count). The van der Waals surface area contributed by atoms with Crippen molar-refractivity contribution < 1.29 is 33.1 Å². The highest BCUT2D eigenvalue weighted by Gasteiger charge is 2.38. The summed E-state index contributed by atoms with van der Waals surface area (Å²) in [7, 11) is 0. The molecule has 11 heteroatoms. The van der Waals surface area contributed by atoms with Gasteiger partial charge in [0.15, 0.2) is 5.78 Å².